The number of nitrogens with zero attached hydrogens (tertiary/aromatic N) is 2. The molecule has 3 aromatic rings. The van der Waals surface area contributed by atoms with Crippen molar-refractivity contribution in [3.05, 3.63) is 72.1 Å². The number of amides is 1. The van der Waals surface area contributed by atoms with Gasteiger partial charge >= 0.3 is 0 Å². The van der Waals surface area contributed by atoms with Crippen LogP contribution < -0.4 is 14.4 Å². The minimum atomic E-state index is -0.00897. The standard InChI is InChI=1S/C22H22N2O3/c1-26-18-14-20-19(21(15-18)27-2)6-5-13-24(20)22(25)16-7-9-17(10-8-16)23-11-3-4-12-23/h3-4,7-12,14-15H,5-6,13H2,1-2H3. The third-order valence-corrected chi connectivity index (χ3v) is 4.98. The average molecular weight is 362 g/mol. The number of aromatic nitrogens is 1. The number of rotatable bonds is 4. The zero-order valence-electron chi connectivity index (χ0n) is 15.5. The highest BCUT2D eigenvalue weighted by molar-refractivity contribution is 6.07. The van der Waals surface area contributed by atoms with Gasteiger partial charge in [0.2, 0.25) is 0 Å². The number of fused-ring (bicyclic) bond motifs is 1. The number of hydrogen-bond acceptors (Lipinski definition) is 3. The Morgan fingerprint density at radius 3 is 2.41 bits per heavy atom. The highest BCUT2D eigenvalue weighted by Gasteiger charge is 2.26. The summed E-state index contributed by atoms with van der Waals surface area (Å²) in [5.41, 5.74) is 3.62. The molecule has 5 heteroatoms. The van der Waals surface area contributed by atoms with Crippen molar-refractivity contribution < 1.29 is 14.3 Å². The third-order valence-electron chi connectivity index (χ3n) is 4.98. The van der Waals surface area contributed by atoms with Crippen LogP contribution in [0.25, 0.3) is 5.69 Å². The molecule has 0 fully saturated rings. The van der Waals surface area contributed by atoms with Crippen LogP contribution in [0.1, 0.15) is 22.3 Å². The van der Waals surface area contributed by atoms with Crippen molar-refractivity contribution in [2.75, 3.05) is 25.7 Å². The van der Waals surface area contributed by atoms with Crippen molar-refractivity contribution in [3.8, 4) is 17.2 Å². The lowest BCUT2D eigenvalue weighted by atomic mass is 9.99. The maximum absolute atomic E-state index is 13.2. The Balaban J connectivity index is 1.67. The Labute approximate surface area is 158 Å². The summed E-state index contributed by atoms with van der Waals surface area (Å²) in [6, 6.07) is 15.4. The zero-order valence-corrected chi connectivity index (χ0v) is 15.5. The average Bonchev–Trinajstić information content (AvgIpc) is 3.27. The van der Waals surface area contributed by atoms with Crippen LogP contribution in [0, 0.1) is 0 Å². The van der Waals surface area contributed by atoms with Crippen LogP contribution in [-0.2, 0) is 6.42 Å². The summed E-state index contributed by atoms with van der Waals surface area (Å²) in [6.45, 7) is 0.682. The molecule has 1 aromatic heterocycles. The topological polar surface area (TPSA) is 43.7 Å². The van der Waals surface area contributed by atoms with Crippen LogP contribution in [0.2, 0.25) is 0 Å². The normalized spacial score (nSPS) is 13.2. The maximum Gasteiger partial charge on any atom is 0.258 e. The summed E-state index contributed by atoms with van der Waals surface area (Å²) in [5, 5.41) is 0. The molecule has 1 aliphatic rings. The molecule has 0 atom stereocenters. The Morgan fingerprint density at radius 2 is 1.74 bits per heavy atom. The van der Waals surface area contributed by atoms with Gasteiger partial charge in [0.1, 0.15) is 11.5 Å². The van der Waals surface area contributed by atoms with E-state index in [0.29, 0.717) is 17.9 Å². The van der Waals surface area contributed by atoms with Crippen molar-refractivity contribution >= 4 is 11.6 Å². The van der Waals surface area contributed by atoms with E-state index in [9.17, 15) is 4.79 Å². The molecule has 0 saturated heterocycles. The molecule has 2 aromatic carbocycles. The summed E-state index contributed by atoms with van der Waals surface area (Å²) >= 11 is 0. The van der Waals surface area contributed by atoms with E-state index < -0.39 is 0 Å². The molecule has 0 aliphatic carbocycles. The van der Waals surface area contributed by atoms with E-state index in [-0.39, 0.29) is 5.91 Å². The van der Waals surface area contributed by atoms with Gasteiger partial charge in [0.15, 0.2) is 0 Å². The minimum absolute atomic E-state index is 0.00897. The SMILES string of the molecule is COc1cc(OC)c2c(c1)N(C(=O)c1ccc(-n3cccc3)cc1)CCC2. The van der Waals surface area contributed by atoms with Gasteiger partial charge in [-0.05, 0) is 49.2 Å². The lowest BCUT2D eigenvalue weighted by Gasteiger charge is -2.31. The van der Waals surface area contributed by atoms with Gasteiger partial charge in [0.25, 0.3) is 5.91 Å². The third kappa shape index (κ3) is 3.16. The monoisotopic (exact) mass is 362 g/mol. The number of carbonyl (C=O) groups is 1. The maximum atomic E-state index is 13.2. The first-order chi connectivity index (χ1) is 13.2. The molecule has 4 rings (SSSR count). The Morgan fingerprint density at radius 1 is 1.00 bits per heavy atom. The van der Waals surface area contributed by atoms with Crippen molar-refractivity contribution in [2.45, 2.75) is 12.8 Å². The molecule has 138 valence electrons. The highest BCUT2D eigenvalue weighted by atomic mass is 16.5. The molecule has 0 N–H and O–H groups in total. The quantitative estimate of drug-likeness (QED) is 0.702. The molecule has 2 heterocycles. The number of ether oxygens (including phenoxy) is 2. The minimum Gasteiger partial charge on any atom is -0.497 e. The van der Waals surface area contributed by atoms with E-state index in [2.05, 4.69) is 0 Å². The Kier molecular flexibility index (Phi) is 4.59. The second-order valence-corrected chi connectivity index (χ2v) is 6.52. The predicted molar refractivity (Wildman–Crippen MR) is 105 cm³/mol. The van der Waals surface area contributed by atoms with Gasteiger partial charge in [-0.2, -0.15) is 0 Å². The van der Waals surface area contributed by atoms with Gasteiger partial charge in [-0.3, -0.25) is 4.79 Å². The summed E-state index contributed by atoms with van der Waals surface area (Å²) < 4.78 is 12.9. The summed E-state index contributed by atoms with van der Waals surface area (Å²) in [4.78, 5) is 15.0. The fourth-order valence-corrected chi connectivity index (χ4v) is 3.58. The van der Waals surface area contributed by atoms with E-state index in [1.165, 1.54) is 0 Å². The van der Waals surface area contributed by atoms with Crippen LogP contribution in [0.5, 0.6) is 11.5 Å². The molecule has 0 radical (unpaired) electrons. The predicted octanol–water partition coefficient (Wildman–Crippen LogP) is 4.09. The molecule has 27 heavy (non-hydrogen) atoms. The molecule has 0 unspecified atom stereocenters. The van der Waals surface area contributed by atoms with Crippen LogP contribution in [0.15, 0.2) is 60.9 Å². The molecule has 0 spiro atoms. The van der Waals surface area contributed by atoms with Crippen molar-refractivity contribution in [3.63, 3.8) is 0 Å². The van der Waals surface area contributed by atoms with Crippen LogP contribution in [0.3, 0.4) is 0 Å². The van der Waals surface area contributed by atoms with Gasteiger partial charge in [0, 0.05) is 47.9 Å². The van der Waals surface area contributed by atoms with Gasteiger partial charge < -0.3 is 18.9 Å². The lowest BCUT2D eigenvalue weighted by Crippen LogP contribution is -2.35. The second-order valence-electron chi connectivity index (χ2n) is 6.52. The number of anilines is 1. The second kappa shape index (κ2) is 7.19. The molecule has 0 saturated carbocycles. The van der Waals surface area contributed by atoms with E-state index in [1.54, 1.807) is 14.2 Å². The van der Waals surface area contributed by atoms with Gasteiger partial charge in [-0.1, -0.05) is 0 Å². The lowest BCUT2D eigenvalue weighted by molar-refractivity contribution is 0.0985. The fourth-order valence-electron chi connectivity index (χ4n) is 3.58. The summed E-state index contributed by atoms with van der Waals surface area (Å²) in [5.74, 6) is 1.45. The number of benzene rings is 2. The van der Waals surface area contributed by atoms with E-state index >= 15 is 0 Å². The Bertz CT molecular complexity index is 946. The van der Waals surface area contributed by atoms with Gasteiger partial charge in [-0.25, -0.2) is 0 Å². The van der Waals surface area contributed by atoms with Crippen molar-refractivity contribution in [1.29, 1.82) is 0 Å². The van der Waals surface area contributed by atoms with Gasteiger partial charge in [0.05, 0.1) is 19.9 Å². The molecule has 1 amide bonds. The zero-order chi connectivity index (χ0) is 18.8. The molecule has 1 aliphatic heterocycles. The smallest absolute Gasteiger partial charge is 0.258 e. The highest BCUT2D eigenvalue weighted by Crippen LogP contribution is 2.38. The van der Waals surface area contributed by atoms with Crippen LogP contribution >= 0.6 is 0 Å². The van der Waals surface area contributed by atoms with Gasteiger partial charge in [-0.15, -0.1) is 0 Å². The fraction of sp³-hybridized carbons (Fsp3) is 0.227. The summed E-state index contributed by atoms with van der Waals surface area (Å²) in [7, 11) is 3.27. The molecule has 5 nitrogen and oxygen atoms in total. The first-order valence-electron chi connectivity index (χ1n) is 9.01. The summed E-state index contributed by atoms with van der Waals surface area (Å²) in [6.07, 6.45) is 5.76. The van der Waals surface area contributed by atoms with Crippen LogP contribution in [0.4, 0.5) is 5.69 Å². The van der Waals surface area contributed by atoms with Crippen molar-refractivity contribution in [1.82, 2.24) is 4.57 Å². The number of methoxy groups -OCH3 is 2. The van der Waals surface area contributed by atoms with Crippen LogP contribution in [-0.4, -0.2) is 31.2 Å². The molecular weight excluding hydrogens is 340 g/mol. The van der Waals surface area contributed by atoms with E-state index in [1.807, 2.05) is 70.4 Å². The first kappa shape index (κ1) is 17.2. The molecular formula is C22H22N2O3. The van der Waals surface area contributed by atoms with Crippen molar-refractivity contribution in [2.24, 2.45) is 0 Å². The molecule has 0 bridgehead atoms. The Hall–Kier alpha value is -3.21. The van der Waals surface area contributed by atoms with E-state index in [0.717, 1.165) is 35.5 Å². The first-order valence-corrected chi connectivity index (χ1v) is 9.01. The number of carbonyl (C=O) groups excluding carboxylic acids is 1. The van der Waals surface area contributed by atoms with E-state index in [4.69, 9.17) is 9.47 Å². The largest absolute Gasteiger partial charge is 0.497 e. The number of hydrogen-bond donors (Lipinski definition) is 0.